The minimum Gasteiger partial charge on any atom is -0.481 e. The van der Waals surface area contributed by atoms with Crippen molar-refractivity contribution >= 4 is 50.2 Å². The normalized spacial score (nSPS) is 13.8. The number of anilines is 3. The predicted octanol–water partition coefficient (Wildman–Crippen LogP) is 5.05. The summed E-state index contributed by atoms with van der Waals surface area (Å²) in [6, 6.07) is 29.1. The van der Waals surface area contributed by atoms with Gasteiger partial charge in [0.05, 0.1) is 22.6 Å². The maximum absolute atomic E-state index is 13.2. The third-order valence-electron chi connectivity index (χ3n) is 5.96. The van der Waals surface area contributed by atoms with E-state index in [1.165, 1.54) is 12.1 Å². The molecule has 5 rings (SSSR count). The zero-order chi connectivity index (χ0) is 26.7. The van der Waals surface area contributed by atoms with Crippen LogP contribution < -0.4 is 15.4 Å². The summed E-state index contributed by atoms with van der Waals surface area (Å²) < 4.78 is 28.4. The summed E-state index contributed by atoms with van der Waals surface area (Å²) in [5.41, 5.74) is 4.33. The summed E-state index contributed by atoms with van der Waals surface area (Å²) in [6.45, 7) is 0. The summed E-state index contributed by atoms with van der Waals surface area (Å²) >= 11 is 0. The van der Waals surface area contributed by atoms with E-state index in [0.717, 1.165) is 5.56 Å². The van der Waals surface area contributed by atoms with Crippen molar-refractivity contribution in [3.8, 4) is 0 Å². The summed E-state index contributed by atoms with van der Waals surface area (Å²) in [7, 11) is -3.82. The van der Waals surface area contributed by atoms with E-state index in [2.05, 4.69) is 15.4 Å². The summed E-state index contributed by atoms with van der Waals surface area (Å²) in [4.78, 5) is 24.4. The molecule has 190 valence electrons. The number of hydrogen-bond donors (Lipinski definition) is 4. The smallest absolute Gasteiger partial charge is 0.307 e. The molecule has 0 aliphatic carbocycles. The van der Waals surface area contributed by atoms with E-state index in [1.54, 1.807) is 60.7 Å². The van der Waals surface area contributed by atoms with Gasteiger partial charge in [0.15, 0.2) is 0 Å². The quantitative estimate of drug-likeness (QED) is 0.239. The highest BCUT2D eigenvalue weighted by molar-refractivity contribution is 7.92. The number of carboxylic acid groups (broad SMARTS) is 1. The summed E-state index contributed by atoms with van der Waals surface area (Å²) in [6.07, 6.45) is -0.0929. The number of carbonyl (C=O) groups excluding carboxylic acids is 1. The van der Waals surface area contributed by atoms with Gasteiger partial charge in [-0.25, -0.2) is 8.42 Å². The minimum atomic E-state index is -3.82. The number of fused-ring (bicyclic) bond motifs is 1. The van der Waals surface area contributed by atoms with Crippen LogP contribution in [0.5, 0.6) is 0 Å². The first-order valence-corrected chi connectivity index (χ1v) is 13.2. The van der Waals surface area contributed by atoms with Crippen molar-refractivity contribution in [1.82, 2.24) is 0 Å². The topological polar surface area (TPSA) is 125 Å². The Balaban J connectivity index is 1.56. The predicted molar refractivity (Wildman–Crippen MR) is 147 cm³/mol. The molecule has 4 aromatic rings. The second kappa shape index (κ2) is 10.2. The summed E-state index contributed by atoms with van der Waals surface area (Å²) in [5, 5.41) is 15.2. The third-order valence-corrected chi connectivity index (χ3v) is 7.36. The molecule has 1 aliphatic rings. The van der Waals surface area contributed by atoms with E-state index in [1.807, 2.05) is 30.3 Å². The van der Waals surface area contributed by atoms with Gasteiger partial charge in [-0.3, -0.25) is 14.3 Å². The minimum absolute atomic E-state index is 0.0929. The van der Waals surface area contributed by atoms with Crippen molar-refractivity contribution in [3.05, 3.63) is 120 Å². The van der Waals surface area contributed by atoms with E-state index in [-0.39, 0.29) is 17.2 Å². The molecule has 9 heteroatoms. The lowest BCUT2D eigenvalue weighted by Crippen LogP contribution is -2.13. The Bertz CT molecular complexity index is 1650. The van der Waals surface area contributed by atoms with Crippen molar-refractivity contribution in [2.75, 3.05) is 15.4 Å². The van der Waals surface area contributed by atoms with Crippen LogP contribution in [0.1, 0.15) is 16.7 Å². The number of benzene rings is 4. The van der Waals surface area contributed by atoms with Crippen molar-refractivity contribution in [2.45, 2.75) is 11.3 Å². The standard InChI is InChI=1S/C29H23N3O5S/c33-26(34)17-19-11-13-21(14-12-19)30-28(20-7-3-1-4-8-20)27-24-18-22(15-16-25(24)31-29(27)35)32-38(36,37)23-9-5-2-6-10-23/h1-16,18,30,32H,17H2,(H,31,35)(H,33,34)/b28-27+. The second-order valence-corrected chi connectivity index (χ2v) is 10.3. The first-order valence-electron chi connectivity index (χ1n) is 11.7. The number of nitrogens with one attached hydrogen (secondary N) is 3. The molecule has 0 bridgehead atoms. The molecule has 0 unspecified atom stereocenters. The van der Waals surface area contributed by atoms with Crippen molar-refractivity contribution in [1.29, 1.82) is 0 Å². The maximum atomic E-state index is 13.2. The van der Waals surface area contributed by atoms with Gasteiger partial charge >= 0.3 is 5.97 Å². The Morgan fingerprint density at radius 3 is 2.11 bits per heavy atom. The monoisotopic (exact) mass is 525 g/mol. The SMILES string of the molecule is O=C(O)Cc1ccc(N/C(=C2/C(=O)Nc3ccc(NS(=O)(=O)c4ccccc4)cc32)c2ccccc2)cc1. The number of amides is 1. The Morgan fingerprint density at radius 2 is 1.45 bits per heavy atom. The molecule has 38 heavy (non-hydrogen) atoms. The highest BCUT2D eigenvalue weighted by atomic mass is 32.2. The maximum Gasteiger partial charge on any atom is 0.307 e. The van der Waals surface area contributed by atoms with Crippen LogP contribution in [0.15, 0.2) is 108 Å². The molecule has 0 atom stereocenters. The Kier molecular flexibility index (Phi) is 6.68. The molecule has 4 N–H and O–H groups in total. The van der Waals surface area contributed by atoms with Crippen LogP contribution in [0.25, 0.3) is 11.3 Å². The van der Waals surface area contributed by atoms with Crippen LogP contribution >= 0.6 is 0 Å². The Labute approximate surface area is 219 Å². The van der Waals surface area contributed by atoms with Crippen LogP contribution in [0.4, 0.5) is 17.1 Å². The molecule has 0 saturated heterocycles. The molecule has 0 radical (unpaired) electrons. The van der Waals surface area contributed by atoms with Crippen molar-refractivity contribution < 1.29 is 23.1 Å². The van der Waals surface area contributed by atoms with Crippen molar-refractivity contribution in [2.24, 2.45) is 0 Å². The number of carboxylic acids is 1. The molecule has 1 amide bonds. The lowest BCUT2D eigenvalue weighted by molar-refractivity contribution is -0.136. The van der Waals surface area contributed by atoms with E-state index in [0.29, 0.717) is 39.5 Å². The van der Waals surface area contributed by atoms with E-state index >= 15 is 0 Å². The van der Waals surface area contributed by atoms with Gasteiger partial charge in [0.2, 0.25) is 0 Å². The average Bonchev–Trinajstić information content (AvgIpc) is 3.23. The van der Waals surface area contributed by atoms with Gasteiger partial charge in [0, 0.05) is 22.6 Å². The summed E-state index contributed by atoms with van der Waals surface area (Å²) in [5.74, 6) is -1.26. The van der Waals surface area contributed by atoms with Crippen LogP contribution in [0, 0.1) is 0 Å². The molecule has 0 spiro atoms. The zero-order valence-electron chi connectivity index (χ0n) is 20.0. The van der Waals surface area contributed by atoms with Gasteiger partial charge in [0.25, 0.3) is 15.9 Å². The van der Waals surface area contributed by atoms with Crippen molar-refractivity contribution in [3.63, 3.8) is 0 Å². The van der Waals surface area contributed by atoms with Crippen LogP contribution in [0.3, 0.4) is 0 Å². The molecule has 1 heterocycles. The molecular formula is C29H23N3O5S. The molecule has 1 aliphatic heterocycles. The van der Waals surface area contributed by atoms with Gasteiger partial charge in [-0.1, -0.05) is 60.7 Å². The Morgan fingerprint density at radius 1 is 0.816 bits per heavy atom. The Hall–Kier alpha value is -4.89. The first-order chi connectivity index (χ1) is 18.3. The fourth-order valence-electron chi connectivity index (χ4n) is 4.20. The zero-order valence-corrected chi connectivity index (χ0v) is 20.8. The van der Waals surface area contributed by atoms with Gasteiger partial charge < -0.3 is 15.7 Å². The van der Waals surface area contributed by atoms with E-state index in [9.17, 15) is 18.0 Å². The number of hydrogen-bond acceptors (Lipinski definition) is 5. The lowest BCUT2D eigenvalue weighted by Gasteiger charge is -2.15. The van der Waals surface area contributed by atoms with Crippen LogP contribution in [-0.4, -0.2) is 25.4 Å². The highest BCUT2D eigenvalue weighted by Gasteiger charge is 2.29. The van der Waals surface area contributed by atoms with Gasteiger partial charge in [-0.15, -0.1) is 0 Å². The fourth-order valence-corrected chi connectivity index (χ4v) is 5.27. The average molecular weight is 526 g/mol. The van der Waals surface area contributed by atoms with Gasteiger partial charge in [-0.2, -0.15) is 0 Å². The van der Waals surface area contributed by atoms with Crippen LogP contribution in [0.2, 0.25) is 0 Å². The van der Waals surface area contributed by atoms with Crippen LogP contribution in [-0.2, 0) is 26.0 Å². The molecular weight excluding hydrogens is 502 g/mol. The fraction of sp³-hybridized carbons (Fsp3) is 0.0345. The molecule has 0 fully saturated rings. The highest BCUT2D eigenvalue weighted by Crippen LogP contribution is 2.39. The number of carbonyl (C=O) groups is 2. The molecule has 4 aromatic carbocycles. The second-order valence-electron chi connectivity index (χ2n) is 8.64. The first kappa shape index (κ1) is 24.8. The molecule has 0 aromatic heterocycles. The van der Waals surface area contributed by atoms with E-state index in [4.69, 9.17) is 5.11 Å². The molecule has 8 nitrogen and oxygen atoms in total. The van der Waals surface area contributed by atoms with Gasteiger partial charge in [-0.05, 0) is 53.6 Å². The lowest BCUT2D eigenvalue weighted by atomic mass is 9.99. The molecule has 0 saturated carbocycles. The van der Waals surface area contributed by atoms with E-state index < -0.39 is 16.0 Å². The third kappa shape index (κ3) is 5.28. The number of sulfonamides is 1. The number of rotatable bonds is 8. The van der Waals surface area contributed by atoms with Gasteiger partial charge in [0.1, 0.15) is 0 Å². The largest absolute Gasteiger partial charge is 0.481 e. The number of aliphatic carboxylic acids is 1.